The zero-order chi connectivity index (χ0) is 21.3. The van der Waals surface area contributed by atoms with E-state index in [-0.39, 0.29) is 29.6 Å². The molecule has 1 N–H and O–H groups in total. The van der Waals surface area contributed by atoms with E-state index in [4.69, 9.17) is 4.74 Å². The number of carbonyl (C=O) groups excluding carboxylic acids is 1. The highest BCUT2D eigenvalue weighted by molar-refractivity contribution is 5.76. The van der Waals surface area contributed by atoms with Crippen LogP contribution in [0.4, 0.5) is 4.39 Å². The first-order valence-corrected chi connectivity index (χ1v) is 10.3. The van der Waals surface area contributed by atoms with E-state index in [1.807, 2.05) is 0 Å². The monoisotopic (exact) mass is 415 g/mol. The summed E-state index contributed by atoms with van der Waals surface area (Å²) in [5, 5.41) is 15.0. The lowest BCUT2D eigenvalue weighted by atomic mass is 9.71. The van der Waals surface area contributed by atoms with E-state index in [2.05, 4.69) is 5.10 Å². The molecule has 1 saturated carbocycles. The highest BCUT2D eigenvalue weighted by atomic mass is 19.1. The molecule has 30 heavy (non-hydrogen) atoms. The number of aliphatic hydroxyl groups is 1. The molecule has 2 atom stereocenters. The molecule has 0 unspecified atom stereocenters. The first kappa shape index (κ1) is 20.5. The highest BCUT2D eigenvalue weighted by Gasteiger charge is 2.43. The molecule has 0 bridgehead atoms. The number of piperidine rings is 1. The third-order valence-corrected chi connectivity index (χ3v) is 6.38. The number of fused-ring (bicyclic) bond motifs is 1. The quantitative estimate of drug-likeness (QED) is 0.828. The Morgan fingerprint density at radius 2 is 2.13 bits per heavy atom. The predicted octanol–water partition coefficient (Wildman–Crippen LogP) is 2.21. The molecule has 8 heteroatoms. The van der Waals surface area contributed by atoms with E-state index in [1.165, 1.54) is 31.4 Å². The Kier molecular flexibility index (Phi) is 5.60. The molecule has 160 valence electrons. The van der Waals surface area contributed by atoms with Crippen LogP contribution in [-0.4, -0.2) is 51.5 Å². The fourth-order valence-corrected chi connectivity index (χ4v) is 4.56. The molecular formula is C22H26FN3O4. The maximum absolute atomic E-state index is 14.4. The van der Waals surface area contributed by atoms with E-state index < -0.39 is 17.0 Å². The number of likely N-dealkylation sites (tertiary alicyclic amines) is 1. The summed E-state index contributed by atoms with van der Waals surface area (Å²) in [6.07, 6.45) is 4.34. The minimum Gasteiger partial charge on any atom is -0.497 e. The first-order chi connectivity index (χ1) is 14.4. The zero-order valence-electron chi connectivity index (χ0n) is 17.0. The van der Waals surface area contributed by atoms with Crippen LogP contribution in [0.5, 0.6) is 5.75 Å². The van der Waals surface area contributed by atoms with Crippen molar-refractivity contribution in [1.82, 2.24) is 14.7 Å². The van der Waals surface area contributed by atoms with Gasteiger partial charge in [0.05, 0.1) is 18.4 Å². The van der Waals surface area contributed by atoms with Crippen molar-refractivity contribution in [2.24, 2.45) is 5.92 Å². The molecule has 1 aliphatic carbocycles. The second-order valence-electron chi connectivity index (χ2n) is 8.20. The van der Waals surface area contributed by atoms with Gasteiger partial charge >= 0.3 is 0 Å². The molecule has 0 radical (unpaired) electrons. The van der Waals surface area contributed by atoms with Crippen molar-refractivity contribution in [3.05, 3.63) is 46.5 Å². The fraction of sp³-hybridized carbons (Fsp3) is 0.500. The number of nitrogens with zero attached hydrogens (tertiary/aromatic N) is 3. The topological polar surface area (TPSA) is 84.7 Å². The summed E-state index contributed by atoms with van der Waals surface area (Å²) >= 11 is 0. The van der Waals surface area contributed by atoms with Gasteiger partial charge in [-0.2, -0.15) is 5.10 Å². The summed E-state index contributed by atoms with van der Waals surface area (Å²) in [6, 6.07) is 7.12. The number of hydrogen-bond acceptors (Lipinski definition) is 5. The average Bonchev–Trinajstić information content (AvgIpc) is 2.74. The van der Waals surface area contributed by atoms with Gasteiger partial charge in [0.25, 0.3) is 5.56 Å². The Hall–Kier alpha value is -2.74. The van der Waals surface area contributed by atoms with Crippen LogP contribution in [0, 0.1) is 11.7 Å². The Balaban J connectivity index is 1.51. The molecule has 4 rings (SSSR count). The van der Waals surface area contributed by atoms with Crippen molar-refractivity contribution in [1.29, 1.82) is 0 Å². The van der Waals surface area contributed by atoms with Gasteiger partial charge in [-0.1, -0.05) is 12.8 Å². The molecule has 1 amide bonds. The van der Waals surface area contributed by atoms with Gasteiger partial charge in [0, 0.05) is 36.7 Å². The van der Waals surface area contributed by atoms with Crippen molar-refractivity contribution < 1.29 is 19.0 Å². The van der Waals surface area contributed by atoms with Crippen LogP contribution in [-0.2, 0) is 11.3 Å². The molecule has 1 aliphatic heterocycles. The average molecular weight is 415 g/mol. The fourth-order valence-electron chi connectivity index (χ4n) is 4.56. The number of carbonyl (C=O) groups is 1. The number of aromatic nitrogens is 2. The predicted molar refractivity (Wildman–Crippen MR) is 109 cm³/mol. The lowest BCUT2D eigenvalue weighted by Crippen LogP contribution is -2.55. The maximum atomic E-state index is 14.4. The van der Waals surface area contributed by atoms with Crippen LogP contribution in [0.2, 0.25) is 0 Å². The van der Waals surface area contributed by atoms with Gasteiger partial charge in [-0.15, -0.1) is 0 Å². The first-order valence-electron chi connectivity index (χ1n) is 10.3. The van der Waals surface area contributed by atoms with Crippen LogP contribution in [0.1, 0.15) is 32.1 Å². The standard InChI is InChI=1S/C22H26FN3O4/c1-30-16-5-6-17(18(23)12-16)19-7-8-20(27)26(24-19)14-21(28)25-11-10-22(29)9-3-2-4-15(22)13-25/h5-8,12,15,29H,2-4,9-11,13-14H2,1H3/t15-,22+/m0/s1. The van der Waals surface area contributed by atoms with Gasteiger partial charge in [-0.05, 0) is 37.5 Å². The summed E-state index contributed by atoms with van der Waals surface area (Å²) in [6.45, 7) is 0.750. The Bertz CT molecular complexity index is 1010. The van der Waals surface area contributed by atoms with Gasteiger partial charge < -0.3 is 14.7 Å². The van der Waals surface area contributed by atoms with Crippen LogP contribution < -0.4 is 10.3 Å². The lowest BCUT2D eigenvalue weighted by Gasteiger charge is -2.47. The number of rotatable bonds is 4. The SMILES string of the molecule is COc1ccc(-c2ccc(=O)n(CC(=O)N3CC[C@]4(O)CCCC[C@H]4C3)n2)c(F)c1. The second kappa shape index (κ2) is 8.18. The third-order valence-electron chi connectivity index (χ3n) is 6.38. The summed E-state index contributed by atoms with van der Waals surface area (Å²) in [4.78, 5) is 26.8. The number of amides is 1. The number of benzene rings is 1. The number of hydrogen-bond donors (Lipinski definition) is 1. The van der Waals surface area contributed by atoms with E-state index in [1.54, 1.807) is 11.0 Å². The van der Waals surface area contributed by atoms with Gasteiger partial charge in [0.1, 0.15) is 18.1 Å². The van der Waals surface area contributed by atoms with Gasteiger partial charge in [-0.25, -0.2) is 9.07 Å². The molecule has 2 heterocycles. The smallest absolute Gasteiger partial charge is 0.267 e. The van der Waals surface area contributed by atoms with Gasteiger partial charge in [0.2, 0.25) is 5.91 Å². The van der Waals surface area contributed by atoms with Crippen molar-refractivity contribution in [3.8, 4) is 17.0 Å². The molecule has 1 aromatic heterocycles. The molecule has 0 spiro atoms. The molecule has 1 saturated heterocycles. The molecule has 2 aromatic rings. The number of methoxy groups -OCH3 is 1. The Morgan fingerprint density at radius 3 is 2.90 bits per heavy atom. The molecular weight excluding hydrogens is 389 g/mol. The van der Waals surface area contributed by atoms with Gasteiger partial charge in [0.15, 0.2) is 0 Å². The van der Waals surface area contributed by atoms with Crippen molar-refractivity contribution in [2.45, 2.75) is 44.2 Å². The normalized spacial score (nSPS) is 23.7. The van der Waals surface area contributed by atoms with E-state index in [0.717, 1.165) is 30.4 Å². The van der Waals surface area contributed by atoms with Gasteiger partial charge in [-0.3, -0.25) is 9.59 Å². The number of ether oxygens (including phenoxy) is 1. The molecule has 2 fully saturated rings. The summed E-state index contributed by atoms with van der Waals surface area (Å²) in [5.41, 5.74) is -0.604. The Labute approximate surface area is 174 Å². The van der Waals surface area contributed by atoms with Crippen molar-refractivity contribution >= 4 is 5.91 Å². The van der Waals surface area contributed by atoms with Crippen LogP contribution in [0.25, 0.3) is 11.3 Å². The molecule has 2 aliphatic rings. The van der Waals surface area contributed by atoms with E-state index >= 15 is 0 Å². The zero-order valence-corrected chi connectivity index (χ0v) is 17.0. The third kappa shape index (κ3) is 3.96. The largest absolute Gasteiger partial charge is 0.497 e. The van der Waals surface area contributed by atoms with Crippen LogP contribution >= 0.6 is 0 Å². The minimum absolute atomic E-state index is 0.0772. The highest BCUT2D eigenvalue weighted by Crippen LogP contribution is 2.39. The summed E-state index contributed by atoms with van der Waals surface area (Å²) in [7, 11) is 1.45. The second-order valence-corrected chi connectivity index (χ2v) is 8.20. The van der Waals surface area contributed by atoms with Crippen molar-refractivity contribution in [2.75, 3.05) is 20.2 Å². The maximum Gasteiger partial charge on any atom is 0.267 e. The number of halogens is 1. The van der Waals surface area contributed by atoms with E-state index in [9.17, 15) is 19.1 Å². The van der Waals surface area contributed by atoms with Crippen molar-refractivity contribution in [3.63, 3.8) is 0 Å². The van der Waals surface area contributed by atoms with Crippen LogP contribution in [0.3, 0.4) is 0 Å². The lowest BCUT2D eigenvalue weighted by molar-refractivity contribution is -0.144. The van der Waals surface area contributed by atoms with E-state index in [0.29, 0.717) is 25.3 Å². The minimum atomic E-state index is -0.671. The van der Waals surface area contributed by atoms with Crippen LogP contribution in [0.15, 0.2) is 35.1 Å². The Morgan fingerprint density at radius 1 is 1.30 bits per heavy atom. The summed E-state index contributed by atoms with van der Waals surface area (Å²) in [5.74, 6) is -0.281. The molecule has 1 aromatic carbocycles. The summed E-state index contributed by atoms with van der Waals surface area (Å²) < 4.78 is 20.5. The molecule has 7 nitrogen and oxygen atoms in total.